The zero-order valence-corrected chi connectivity index (χ0v) is 9.53. The summed E-state index contributed by atoms with van der Waals surface area (Å²) < 4.78 is 43.6. The number of hydrogen-bond donors (Lipinski definition) is 0. The molecule has 0 aliphatic rings. The highest BCUT2D eigenvalue weighted by Crippen LogP contribution is 2.33. The van der Waals surface area contributed by atoms with E-state index in [9.17, 15) is 18.0 Å². The first-order valence-corrected chi connectivity index (χ1v) is 5.65. The van der Waals surface area contributed by atoms with Crippen LogP contribution in [0.25, 0.3) is 11.6 Å². The van der Waals surface area contributed by atoms with Gasteiger partial charge in [-0.15, -0.1) is 23.4 Å². The summed E-state index contributed by atoms with van der Waals surface area (Å²) in [4.78, 5) is 10.2. The predicted octanol–water partition coefficient (Wildman–Crippen LogP) is 2.31. The summed E-state index contributed by atoms with van der Waals surface area (Å²) in [7, 11) is 0. The van der Waals surface area contributed by atoms with E-state index >= 15 is 0 Å². The standard InChI is InChI=1S/C9H6F3N3O2S/c10-9(11,12)15-7(6-2-1-4-17-6)13-14-8(15)18-5-3-16/h1-4H,5H2. The Kier molecular flexibility index (Phi) is 3.41. The Labute approximate surface area is 103 Å². The van der Waals surface area contributed by atoms with Crippen molar-refractivity contribution in [3.8, 4) is 11.6 Å². The van der Waals surface area contributed by atoms with Gasteiger partial charge in [-0.2, -0.15) is 0 Å². The third kappa shape index (κ3) is 2.40. The largest absolute Gasteiger partial charge is 0.492 e. The van der Waals surface area contributed by atoms with E-state index in [1.54, 1.807) is 0 Å². The second kappa shape index (κ2) is 4.84. The van der Waals surface area contributed by atoms with Crippen molar-refractivity contribution < 1.29 is 22.4 Å². The second-order valence-corrected chi connectivity index (χ2v) is 4.05. The van der Waals surface area contributed by atoms with Crippen LogP contribution in [0.15, 0.2) is 28.0 Å². The van der Waals surface area contributed by atoms with Crippen LogP contribution < -0.4 is 0 Å². The first-order valence-electron chi connectivity index (χ1n) is 4.67. The molecule has 0 aliphatic carbocycles. The fourth-order valence-electron chi connectivity index (χ4n) is 1.27. The van der Waals surface area contributed by atoms with E-state index in [2.05, 4.69) is 10.2 Å². The molecule has 96 valence electrons. The minimum absolute atomic E-state index is 0.0139. The molecule has 2 heterocycles. The van der Waals surface area contributed by atoms with Crippen LogP contribution in [0.2, 0.25) is 0 Å². The summed E-state index contributed by atoms with van der Waals surface area (Å²) >= 11 is 0.652. The third-order valence-electron chi connectivity index (χ3n) is 1.91. The Bertz CT molecular complexity index is 536. The summed E-state index contributed by atoms with van der Waals surface area (Å²) in [5.74, 6) is -0.620. The topological polar surface area (TPSA) is 60.9 Å². The second-order valence-electron chi connectivity index (χ2n) is 3.06. The van der Waals surface area contributed by atoms with Crippen LogP contribution in [-0.4, -0.2) is 26.8 Å². The molecule has 0 radical (unpaired) electrons. The summed E-state index contributed by atoms with van der Waals surface area (Å²) in [5.41, 5.74) is 0. The van der Waals surface area contributed by atoms with Gasteiger partial charge < -0.3 is 9.21 Å². The van der Waals surface area contributed by atoms with E-state index in [4.69, 9.17) is 4.42 Å². The molecule has 5 nitrogen and oxygen atoms in total. The maximum atomic E-state index is 12.9. The molecule has 0 N–H and O–H groups in total. The number of alkyl halides is 3. The average molecular weight is 277 g/mol. The molecule has 0 atom stereocenters. The first-order chi connectivity index (χ1) is 8.54. The first kappa shape index (κ1) is 12.7. The van der Waals surface area contributed by atoms with Crippen molar-refractivity contribution in [2.75, 3.05) is 5.75 Å². The highest BCUT2D eigenvalue weighted by atomic mass is 32.2. The lowest BCUT2D eigenvalue weighted by atomic mass is 10.4. The molecular weight excluding hydrogens is 271 g/mol. The quantitative estimate of drug-likeness (QED) is 0.634. The van der Waals surface area contributed by atoms with Crippen molar-refractivity contribution in [1.29, 1.82) is 0 Å². The van der Waals surface area contributed by atoms with Crippen LogP contribution >= 0.6 is 11.8 Å². The molecule has 9 heteroatoms. The molecule has 0 saturated heterocycles. The Morgan fingerprint density at radius 3 is 2.78 bits per heavy atom. The van der Waals surface area contributed by atoms with E-state index in [-0.39, 0.29) is 16.1 Å². The number of thioether (sulfide) groups is 1. The van der Waals surface area contributed by atoms with Crippen LogP contribution in [0, 0.1) is 0 Å². The van der Waals surface area contributed by atoms with Gasteiger partial charge in [-0.05, 0) is 12.1 Å². The molecule has 18 heavy (non-hydrogen) atoms. The van der Waals surface area contributed by atoms with Gasteiger partial charge in [-0.25, -0.2) is 4.57 Å². The van der Waals surface area contributed by atoms with Gasteiger partial charge in [0.05, 0.1) is 12.0 Å². The van der Waals surface area contributed by atoms with E-state index in [1.807, 2.05) is 0 Å². The molecule has 0 saturated carbocycles. The summed E-state index contributed by atoms with van der Waals surface area (Å²) in [5, 5.41) is 6.45. The van der Waals surface area contributed by atoms with Crippen molar-refractivity contribution >= 4 is 18.0 Å². The number of carbonyl (C=O) groups excluding carboxylic acids is 1. The number of halogens is 3. The van der Waals surface area contributed by atoms with Crippen molar-refractivity contribution in [2.24, 2.45) is 0 Å². The number of aromatic nitrogens is 3. The Morgan fingerprint density at radius 1 is 1.44 bits per heavy atom. The van der Waals surface area contributed by atoms with E-state index < -0.39 is 17.3 Å². The maximum Gasteiger partial charge on any atom is 0.492 e. The van der Waals surface area contributed by atoms with Gasteiger partial charge in [-0.1, -0.05) is 11.8 Å². The molecule has 0 spiro atoms. The number of furan rings is 1. The van der Waals surface area contributed by atoms with Crippen molar-refractivity contribution in [3.63, 3.8) is 0 Å². The average Bonchev–Trinajstić information content (AvgIpc) is 2.93. The molecule has 0 amide bonds. The van der Waals surface area contributed by atoms with E-state index in [1.165, 1.54) is 18.4 Å². The highest BCUT2D eigenvalue weighted by Gasteiger charge is 2.38. The third-order valence-corrected chi connectivity index (χ3v) is 2.73. The fraction of sp³-hybridized carbons (Fsp3) is 0.222. The van der Waals surface area contributed by atoms with Crippen LogP contribution in [0.3, 0.4) is 0 Å². The van der Waals surface area contributed by atoms with Gasteiger partial charge >= 0.3 is 6.30 Å². The van der Waals surface area contributed by atoms with E-state index in [0.717, 1.165) is 0 Å². The van der Waals surface area contributed by atoms with Crippen molar-refractivity contribution in [2.45, 2.75) is 11.5 Å². The molecule has 0 aromatic carbocycles. The normalized spacial score (nSPS) is 11.7. The van der Waals surface area contributed by atoms with Crippen LogP contribution in [0.4, 0.5) is 13.2 Å². The van der Waals surface area contributed by atoms with Gasteiger partial charge in [-0.3, -0.25) is 0 Å². The summed E-state index contributed by atoms with van der Waals surface area (Å²) in [6.07, 6.45) is -2.95. The van der Waals surface area contributed by atoms with Gasteiger partial charge in [0.1, 0.15) is 6.29 Å². The fourth-order valence-corrected chi connectivity index (χ4v) is 1.90. The molecule has 0 aliphatic heterocycles. The number of rotatable bonds is 4. The van der Waals surface area contributed by atoms with Crippen LogP contribution in [-0.2, 0) is 11.1 Å². The Morgan fingerprint density at radius 2 is 2.22 bits per heavy atom. The Balaban J connectivity index is 2.48. The lowest BCUT2D eigenvalue weighted by molar-refractivity contribution is -0.208. The monoisotopic (exact) mass is 277 g/mol. The number of hydrogen-bond acceptors (Lipinski definition) is 5. The minimum atomic E-state index is -4.68. The van der Waals surface area contributed by atoms with Gasteiger partial charge in [0, 0.05) is 0 Å². The van der Waals surface area contributed by atoms with Crippen molar-refractivity contribution in [1.82, 2.24) is 14.8 Å². The van der Waals surface area contributed by atoms with Gasteiger partial charge in [0.25, 0.3) is 0 Å². The number of carbonyl (C=O) groups is 1. The molecule has 0 fully saturated rings. The molecule has 2 aromatic rings. The van der Waals surface area contributed by atoms with Crippen LogP contribution in [0.5, 0.6) is 0 Å². The van der Waals surface area contributed by atoms with Crippen LogP contribution in [0.1, 0.15) is 0 Å². The molecule has 0 bridgehead atoms. The molecule has 2 rings (SSSR count). The summed E-state index contributed by atoms with van der Waals surface area (Å²) in [6, 6.07) is 2.80. The minimum Gasteiger partial charge on any atom is -0.461 e. The number of aldehydes is 1. The lowest BCUT2D eigenvalue weighted by Crippen LogP contribution is -2.19. The maximum absolute atomic E-state index is 12.9. The highest BCUT2D eigenvalue weighted by molar-refractivity contribution is 7.99. The van der Waals surface area contributed by atoms with E-state index in [0.29, 0.717) is 18.0 Å². The SMILES string of the molecule is O=CCSc1nnc(-c2ccco2)n1C(F)(F)F. The van der Waals surface area contributed by atoms with Gasteiger partial charge in [0.2, 0.25) is 5.82 Å². The predicted molar refractivity (Wildman–Crippen MR) is 55.8 cm³/mol. The lowest BCUT2D eigenvalue weighted by Gasteiger charge is -2.11. The zero-order chi connectivity index (χ0) is 13.2. The molecule has 0 unspecified atom stereocenters. The zero-order valence-electron chi connectivity index (χ0n) is 8.72. The number of nitrogens with zero attached hydrogens (tertiary/aromatic N) is 3. The van der Waals surface area contributed by atoms with Gasteiger partial charge in [0.15, 0.2) is 10.9 Å². The van der Waals surface area contributed by atoms with Crippen molar-refractivity contribution in [3.05, 3.63) is 18.4 Å². The molecule has 2 aromatic heterocycles. The summed E-state index contributed by atoms with van der Waals surface area (Å²) in [6.45, 7) is 0. The smallest absolute Gasteiger partial charge is 0.461 e. The Hall–Kier alpha value is -1.77. The molecular formula is C9H6F3N3O2S.